The molecule has 0 radical (unpaired) electrons. The van der Waals surface area contributed by atoms with Crippen molar-refractivity contribution in [1.29, 1.82) is 0 Å². The number of hydrogen-bond acceptors (Lipinski definition) is 6. The summed E-state index contributed by atoms with van der Waals surface area (Å²) < 4.78 is 5.63. The molecule has 27 heavy (non-hydrogen) atoms. The second-order valence-electron chi connectivity index (χ2n) is 5.67. The molecule has 0 aliphatic carbocycles. The molecule has 1 heterocycles. The van der Waals surface area contributed by atoms with Crippen molar-refractivity contribution in [3.8, 4) is 5.75 Å². The SMILES string of the molecule is CC(Oc1ccc2ncccc2c1)C(=O)N/N=C/c1ccccc1[N+](=O)[O-]. The van der Waals surface area contributed by atoms with Gasteiger partial charge in [-0.15, -0.1) is 0 Å². The molecule has 0 saturated carbocycles. The molecule has 0 aliphatic rings. The Morgan fingerprint density at radius 2 is 2.07 bits per heavy atom. The van der Waals surface area contributed by atoms with E-state index < -0.39 is 16.9 Å². The first-order chi connectivity index (χ1) is 13.0. The van der Waals surface area contributed by atoms with Gasteiger partial charge in [0, 0.05) is 17.6 Å². The first-order valence-corrected chi connectivity index (χ1v) is 8.12. The van der Waals surface area contributed by atoms with Crippen molar-refractivity contribution in [2.24, 2.45) is 5.10 Å². The van der Waals surface area contributed by atoms with Crippen LogP contribution in [0.4, 0.5) is 5.69 Å². The third kappa shape index (κ3) is 4.43. The normalized spacial score (nSPS) is 12.0. The van der Waals surface area contributed by atoms with Gasteiger partial charge >= 0.3 is 0 Å². The third-order valence-electron chi connectivity index (χ3n) is 3.77. The number of para-hydroxylation sites is 1. The summed E-state index contributed by atoms with van der Waals surface area (Å²) in [6.07, 6.45) is 2.13. The number of aromatic nitrogens is 1. The molecular weight excluding hydrogens is 348 g/mol. The Morgan fingerprint density at radius 3 is 2.89 bits per heavy atom. The molecule has 3 aromatic rings. The lowest BCUT2D eigenvalue weighted by Gasteiger charge is -2.13. The van der Waals surface area contributed by atoms with Gasteiger partial charge in [0.15, 0.2) is 6.10 Å². The van der Waals surface area contributed by atoms with Crippen LogP contribution in [-0.2, 0) is 4.79 Å². The fourth-order valence-corrected chi connectivity index (χ4v) is 2.40. The Morgan fingerprint density at radius 1 is 1.26 bits per heavy atom. The van der Waals surface area contributed by atoms with Crippen molar-refractivity contribution >= 4 is 28.7 Å². The summed E-state index contributed by atoms with van der Waals surface area (Å²) in [4.78, 5) is 26.8. The van der Waals surface area contributed by atoms with Crippen molar-refractivity contribution in [3.05, 3.63) is 76.5 Å². The Bertz CT molecular complexity index is 1020. The first-order valence-electron chi connectivity index (χ1n) is 8.12. The predicted molar refractivity (Wildman–Crippen MR) is 101 cm³/mol. The molecule has 1 aromatic heterocycles. The monoisotopic (exact) mass is 364 g/mol. The summed E-state index contributed by atoms with van der Waals surface area (Å²) in [5.74, 6) is 0.0527. The molecule has 0 aliphatic heterocycles. The lowest BCUT2D eigenvalue weighted by molar-refractivity contribution is -0.385. The van der Waals surface area contributed by atoms with E-state index in [-0.39, 0.29) is 5.69 Å². The second-order valence-corrected chi connectivity index (χ2v) is 5.67. The first kappa shape index (κ1) is 18.0. The highest BCUT2D eigenvalue weighted by atomic mass is 16.6. The van der Waals surface area contributed by atoms with E-state index in [1.165, 1.54) is 18.3 Å². The van der Waals surface area contributed by atoms with Crippen LogP contribution in [0, 0.1) is 10.1 Å². The smallest absolute Gasteiger partial charge is 0.280 e. The zero-order chi connectivity index (χ0) is 19.2. The zero-order valence-electron chi connectivity index (χ0n) is 14.4. The summed E-state index contributed by atoms with van der Waals surface area (Å²) in [7, 11) is 0. The van der Waals surface area contributed by atoms with Crippen LogP contribution in [0.25, 0.3) is 10.9 Å². The number of fused-ring (bicyclic) bond motifs is 1. The van der Waals surface area contributed by atoms with Crippen LogP contribution in [0.5, 0.6) is 5.75 Å². The van der Waals surface area contributed by atoms with Crippen LogP contribution in [0.3, 0.4) is 0 Å². The summed E-state index contributed by atoms with van der Waals surface area (Å²) in [5.41, 5.74) is 3.35. The number of nitrogens with one attached hydrogen (secondary N) is 1. The van der Waals surface area contributed by atoms with E-state index in [1.807, 2.05) is 18.2 Å². The number of rotatable bonds is 6. The Labute approximate surface area is 154 Å². The molecule has 3 rings (SSSR count). The van der Waals surface area contributed by atoms with Crippen LogP contribution in [0.1, 0.15) is 12.5 Å². The number of ether oxygens (including phenoxy) is 1. The van der Waals surface area contributed by atoms with Crippen molar-refractivity contribution in [2.75, 3.05) is 0 Å². The largest absolute Gasteiger partial charge is 0.481 e. The van der Waals surface area contributed by atoms with Crippen molar-refractivity contribution in [3.63, 3.8) is 0 Å². The second kappa shape index (κ2) is 8.05. The lowest BCUT2D eigenvalue weighted by atomic mass is 10.2. The quantitative estimate of drug-likeness (QED) is 0.411. The van der Waals surface area contributed by atoms with Crippen molar-refractivity contribution in [1.82, 2.24) is 10.4 Å². The van der Waals surface area contributed by atoms with Crippen LogP contribution < -0.4 is 10.2 Å². The molecule has 0 saturated heterocycles. The average molecular weight is 364 g/mol. The minimum absolute atomic E-state index is 0.0930. The van der Waals surface area contributed by atoms with Gasteiger partial charge in [-0.05, 0) is 37.3 Å². The van der Waals surface area contributed by atoms with Gasteiger partial charge in [0.05, 0.1) is 22.2 Å². The molecule has 0 bridgehead atoms. The number of nitro groups is 1. The molecule has 1 N–H and O–H groups in total. The minimum Gasteiger partial charge on any atom is -0.481 e. The molecular formula is C19H16N4O4. The maximum atomic E-state index is 12.1. The van der Waals surface area contributed by atoms with Gasteiger partial charge < -0.3 is 4.74 Å². The van der Waals surface area contributed by atoms with Gasteiger partial charge in [-0.3, -0.25) is 19.9 Å². The maximum absolute atomic E-state index is 12.1. The summed E-state index contributed by atoms with van der Waals surface area (Å²) in [6, 6.07) is 15.2. The number of hydrogen-bond donors (Lipinski definition) is 1. The van der Waals surface area contributed by atoms with E-state index in [2.05, 4.69) is 15.5 Å². The summed E-state index contributed by atoms with van der Waals surface area (Å²) in [5, 5.41) is 15.6. The highest BCUT2D eigenvalue weighted by molar-refractivity contribution is 5.87. The third-order valence-corrected chi connectivity index (χ3v) is 3.77. The van der Waals surface area contributed by atoms with Gasteiger partial charge in [-0.1, -0.05) is 18.2 Å². The topological polar surface area (TPSA) is 107 Å². The summed E-state index contributed by atoms with van der Waals surface area (Å²) >= 11 is 0. The number of benzene rings is 2. The van der Waals surface area contributed by atoms with Crippen LogP contribution >= 0.6 is 0 Å². The van der Waals surface area contributed by atoms with Crippen LogP contribution in [0.2, 0.25) is 0 Å². The van der Waals surface area contributed by atoms with Crippen molar-refractivity contribution in [2.45, 2.75) is 13.0 Å². The molecule has 0 fully saturated rings. The molecule has 1 atom stereocenters. The number of carbonyl (C=O) groups excluding carboxylic acids is 1. The number of hydrazone groups is 1. The van der Waals surface area contributed by atoms with Gasteiger partial charge in [-0.25, -0.2) is 5.43 Å². The molecule has 0 spiro atoms. The van der Waals surface area contributed by atoms with E-state index in [1.54, 1.807) is 37.4 Å². The fourth-order valence-electron chi connectivity index (χ4n) is 2.40. The summed E-state index contributed by atoms with van der Waals surface area (Å²) in [6.45, 7) is 1.59. The highest BCUT2D eigenvalue weighted by Crippen LogP contribution is 2.20. The molecule has 136 valence electrons. The fraction of sp³-hybridized carbons (Fsp3) is 0.105. The minimum atomic E-state index is -0.804. The lowest BCUT2D eigenvalue weighted by Crippen LogP contribution is -2.33. The molecule has 8 heteroatoms. The maximum Gasteiger partial charge on any atom is 0.280 e. The van der Waals surface area contributed by atoms with Gasteiger partial charge in [0.2, 0.25) is 0 Å². The standard InChI is InChI=1S/C19H16N4O4/c1-13(27-16-8-9-17-14(11-16)6-4-10-20-17)19(24)22-21-12-15-5-2-3-7-18(15)23(25)26/h2-13H,1H3,(H,22,24)/b21-12+. The van der Waals surface area contributed by atoms with Gasteiger partial charge in [-0.2, -0.15) is 5.10 Å². The molecule has 8 nitrogen and oxygen atoms in total. The molecule has 1 unspecified atom stereocenters. The van der Waals surface area contributed by atoms with Crippen LogP contribution in [0.15, 0.2) is 65.9 Å². The zero-order valence-corrected chi connectivity index (χ0v) is 14.4. The van der Waals surface area contributed by atoms with Crippen LogP contribution in [-0.4, -0.2) is 28.1 Å². The van der Waals surface area contributed by atoms with Gasteiger partial charge in [0.25, 0.3) is 11.6 Å². The number of carbonyl (C=O) groups is 1. The number of nitro benzene ring substituents is 1. The Balaban J connectivity index is 1.63. The average Bonchev–Trinajstić information content (AvgIpc) is 2.68. The predicted octanol–water partition coefficient (Wildman–Crippen LogP) is 3.06. The highest BCUT2D eigenvalue weighted by Gasteiger charge is 2.15. The molecule has 2 aromatic carbocycles. The van der Waals surface area contributed by atoms with E-state index >= 15 is 0 Å². The van der Waals surface area contributed by atoms with E-state index in [0.717, 1.165) is 10.9 Å². The van der Waals surface area contributed by atoms with E-state index in [9.17, 15) is 14.9 Å². The Hall–Kier alpha value is -3.81. The number of pyridine rings is 1. The van der Waals surface area contributed by atoms with Crippen molar-refractivity contribution < 1.29 is 14.5 Å². The number of amides is 1. The Kier molecular flexibility index (Phi) is 5.36. The number of nitrogens with zero attached hydrogens (tertiary/aromatic N) is 3. The molecule has 1 amide bonds. The van der Waals surface area contributed by atoms with E-state index in [4.69, 9.17) is 4.74 Å². The van der Waals surface area contributed by atoms with E-state index in [0.29, 0.717) is 11.3 Å². The van der Waals surface area contributed by atoms with Gasteiger partial charge in [0.1, 0.15) is 5.75 Å².